The first-order chi connectivity index (χ1) is 12.9. The maximum absolute atomic E-state index is 12.6. The summed E-state index contributed by atoms with van der Waals surface area (Å²) in [6.07, 6.45) is 0. The molecule has 142 valence electrons. The number of carbonyl (C=O) groups is 1. The van der Waals surface area contributed by atoms with Gasteiger partial charge in [0.05, 0.1) is 24.4 Å². The van der Waals surface area contributed by atoms with E-state index in [-0.39, 0.29) is 17.4 Å². The molecule has 0 amide bonds. The van der Waals surface area contributed by atoms with Crippen molar-refractivity contribution in [3.63, 3.8) is 0 Å². The lowest BCUT2D eigenvalue weighted by Gasteiger charge is -2.11. The third-order valence-electron chi connectivity index (χ3n) is 4.04. The molecule has 0 aliphatic carbocycles. The monoisotopic (exact) mass is 404 g/mol. The molecular formula is C19H20N2O4S2. The van der Waals surface area contributed by atoms with Crippen LogP contribution in [-0.2, 0) is 4.74 Å². The van der Waals surface area contributed by atoms with Crippen molar-refractivity contribution in [2.45, 2.75) is 30.9 Å². The second-order valence-corrected chi connectivity index (χ2v) is 8.26. The summed E-state index contributed by atoms with van der Waals surface area (Å²) < 4.78 is 10.2. The number of fused-ring (bicyclic) bond motifs is 1. The Kier molecular flexibility index (Phi) is 5.86. The highest BCUT2D eigenvalue weighted by Gasteiger charge is 2.21. The lowest BCUT2D eigenvalue weighted by atomic mass is 10.2. The first kappa shape index (κ1) is 19.4. The Morgan fingerprint density at radius 2 is 2.04 bits per heavy atom. The number of thioether (sulfide) groups is 1. The fourth-order valence-electron chi connectivity index (χ4n) is 2.66. The van der Waals surface area contributed by atoms with Gasteiger partial charge in [0.2, 0.25) is 0 Å². The molecule has 0 radical (unpaired) electrons. The normalized spacial score (nSPS) is 12.1. The molecule has 2 aromatic heterocycles. The summed E-state index contributed by atoms with van der Waals surface area (Å²) >= 11 is 2.78. The quantitative estimate of drug-likeness (QED) is 0.486. The Bertz CT molecular complexity index is 1020. The number of hydrogen-bond donors (Lipinski definition) is 1. The summed E-state index contributed by atoms with van der Waals surface area (Å²) in [4.78, 5) is 34.2. The molecule has 27 heavy (non-hydrogen) atoms. The van der Waals surface area contributed by atoms with Gasteiger partial charge in [0.15, 0.2) is 0 Å². The van der Waals surface area contributed by atoms with E-state index >= 15 is 0 Å². The smallest absolute Gasteiger partial charge is 0.348 e. The minimum atomic E-state index is -0.417. The van der Waals surface area contributed by atoms with Crippen LogP contribution in [0.2, 0.25) is 0 Å². The number of nitrogens with zero attached hydrogens (tertiary/aromatic N) is 1. The number of benzene rings is 1. The van der Waals surface area contributed by atoms with Crippen LogP contribution >= 0.6 is 23.1 Å². The summed E-state index contributed by atoms with van der Waals surface area (Å²) in [5, 5.41) is 0.386. The molecule has 3 aromatic rings. The molecule has 1 aromatic carbocycles. The SMILES string of the molecule is CCOC(=O)c1sc2nc([C@@H](C)Sc3ccc(OC)cc3)[nH]c(=O)c2c1C. The van der Waals surface area contributed by atoms with Crippen LogP contribution in [0.3, 0.4) is 0 Å². The summed E-state index contributed by atoms with van der Waals surface area (Å²) in [5.74, 6) is 0.949. The number of thiophene rings is 1. The van der Waals surface area contributed by atoms with E-state index in [4.69, 9.17) is 9.47 Å². The summed E-state index contributed by atoms with van der Waals surface area (Å²) in [7, 11) is 1.63. The summed E-state index contributed by atoms with van der Waals surface area (Å²) in [5.41, 5.74) is 0.380. The molecule has 1 N–H and O–H groups in total. The van der Waals surface area contributed by atoms with E-state index in [0.717, 1.165) is 10.6 Å². The average Bonchev–Trinajstić information content (AvgIpc) is 2.99. The highest BCUT2D eigenvalue weighted by molar-refractivity contribution is 7.99. The van der Waals surface area contributed by atoms with Crippen LogP contribution < -0.4 is 10.3 Å². The van der Waals surface area contributed by atoms with Crippen molar-refractivity contribution in [2.24, 2.45) is 0 Å². The molecular weight excluding hydrogens is 384 g/mol. The van der Waals surface area contributed by atoms with Gasteiger partial charge in [-0.2, -0.15) is 0 Å². The molecule has 0 unspecified atom stereocenters. The van der Waals surface area contributed by atoms with Crippen molar-refractivity contribution in [3.8, 4) is 5.75 Å². The van der Waals surface area contributed by atoms with E-state index in [2.05, 4.69) is 9.97 Å². The zero-order valence-corrected chi connectivity index (χ0v) is 17.1. The van der Waals surface area contributed by atoms with E-state index in [0.29, 0.717) is 26.5 Å². The first-order valence-electron chi connectivity index (χ1n) is 8.45. The van der Waals surface area contributed by atoms with Crippen LogP contribution in [-0.4, -0.2) is 29.7 Å². The van der Waals surface area contributed by atoms with Crippen LogP contribution in [0.25, 0.3) is 10.2 Å². The molecule has 3 rings (SSSR count). The van der Waals surface area contributed by atoms with Gasteiger partial charge in [-0.1, -0.05) is 0 Å². The lowest BCUT2D eigenvalue weighted by Crippen LogP contribution is -2.12. The number of aromatic nitrogens is 2. The van der Waals surface area contributed by atoms with Gasteiger partial charge >= 0.3 is 5.97 Å². The summed E-state index contributed by atoms with van der Waals surface area (Å²) in [6, 6.07) is 7.71. The molecule has 0 saturated heterocycles. The highest BCUT2D eigenvalue weighted by atomic mass is 32.2. The zero-order chi connectivity index (χ0) is 19.6. The van der Waals surface area contributed by atoms with Crippen LogP contribution in [0.4, 0.5) is 0 Å². The van der Waals surface area contributed by atoms with Crippen molar-refractivity contribution in [2.75, 3.05) is 13.7 Å². The number of carbonyl (C=O) groups excluding carboxylic acids is 1. The molecule has 8 heteroatoms. The van der Waals surface area contributed by atoms with Crippen molar-refractivity contribution < 1.29 is 14.3 Å². The van der Waals surface area contributed by atoms with Crippen molar-refractivity contribution in [3.05, 3.63) is 50.9 Å². The number of esters is 1. The maximum atomic E-state index is 12.6. The Morgan fingerprint density at radius 3 is 2.67 bits per heavy atom. The number of aryl methyl sites for hydroxylation is 1. The molecule has 0 saturated carbocycles. The number of H-pyrrole nitrogens is 1. The fourth-order valence-corrected chi connectivity index (χ4v) is 4.67. The van der Waals surface area contributed by atoms with Gasteiger partial charge in [-0.15, -0.1) is 23.1 Å². The van der Waals surface area contributed by atoms with Gasteiger partial charge in [0.25, 0.3) is 5.56 Å². The van der Waals surface area contributed by atoms with E-state index in [1.165, 1.54) is 11.3 Å². The third kappa shape index (κ3) is 4.01. The maximum Gasteiger partial charge on any atom is 0.348 e. The largest absolute Gasteiger partial charge is 0.497 e. The standard InChI is InChI=1S/C19H20N2O4S2/c1-5-25-19(23)15-10(2)14-17(22)20-16(21-18(14)27-15)11(3)26-13-8-6-12(24-4)7-9-13/h6-9,11H,5H2,1-4H3,(H,20,21,22)/t11-/m1/s1. The molecule has 0 spiro atoms. The molecule has 2 heterocycles. The van der Waals surface area contributed by atoms with Crippen molar-refractivity contribution >= 4 is 39.3 Å². The van der Waals surface area contributed by atoms with Crippen LogP contribution in [0.1, 0.15) is 40.2 Å². The van der Waals surface area contributed by atoms with Crippen LogP contribution in [0.15, 0.2) is 34.0 Å². The van der Waals surface area contributed by atoms with E-state index in [9.17, 15) is 9.59 Å². The van der Waals surface area contributed by atoms with Crippen LogP contribution in [0.5, 0.6) is 5.75 Å². The molecule has 0 fully saturated rings. The van der Waals surface area contributed by atoms with Gasteiger partial charge in [-0.25, -0.2) is 9.78 Å². The van der Waals surface area contributed by atoms with Gasteiger partial charge in [-0.05, 0) is 50.6 Å². The van der Waals surface area contributed by atoms with Crippen LogP contribution in [0, 0.1) is 6.92 Å². The number of nitrogens with one attached hydrogen (secondary N) is 1. The van der Waals surface area contributed by atoms with Gasteiger partial charge in [0.1, 0.15) is 21.3 Å². The van der Waals surface area contributed by atoms with Crippen molar-refractivity contribution in [1.29, 1.82) is 0 Å². The predicted octanol–water partition coefficient (Wildman–Crippen LogP) is 4.33. The second kappa shape index (κ2) is 8.14. The molecule has 0 aliphatic rings. The van der Waals surface area contributed by atoms with E-state index in [1.807, 2.05) is 31.2 Å². The van der Waals surface area contributed by atoms with Gasteiger partial charge < -0.3 is 14.5 Å². The number of rotatable bonds is 6. The number of methoxy groups -OCH3 is 1. The summed E-state index contributed by atoms with van der Waals surface area (Å²) in [6.45, 7) is 5.77. The number of hydrogen-bond acceptors (Lipinski definition) is 7. The van der Waals surface area contributed by atoms with Gasteiger partial charge in [0, 0.05) is 4.90 Å². The molecule has 0 bridgehead atoms. The third-order valence-corrected chi connectivity index (χ3v) is 6.32. The Morgan fingerprint density at radius 1 is 1.33 bits per heavy atom. The first-order valence-corrected chi connectivity index (χ1v) is 10.1. The minimum Gasteiger partial charge on any atom is -0.497 e. The lowest BCUT2D eigenvalue weighted by molar-refractivity contribution is 0.0531. The number of aromatic amines is 1. The van der Waals surface area contributed by atoms with E-state index in [1.54, 1.807) is 32.7 Å². The number of ether oxygens (including phenoxy) is 2. The molecule has 0 aliphatic heterocycles. The van der Waals surface area contributed by atoms with E-state index < -0.39 is 5.97 Å². The Hall–Kier alpha value is -2.32. The molecule has 6 nitrogen and oxygen atoms in total. The zero-order valence-electron chi connectivity index (χ0n) is 15.5. The van der Waals surface area contributed by atoms with Gasteiger partial charge in [-0.3, -0.25) is 4.79 Å². The topological polar surface area (TPSA) is 81.3 Å². The second-order valence-electron chi connectivity index (χ2n) is 5.84. The Balaban J connectivity index is 1.92. The average molecular weight is 405 g/mol. The Labute approximate surface area is 164 Å². The predicted molar refractivity (Wildman–Crippen MR) is 108 cm³/mol. The van der Waals surface area contributed by atoms with Crippen molar-refractivity contribution in [1.82, 2.24) is 9.97 Å². The fraction of sp³-hybridized carbons (Fsp3) is 0.316. The minimum absolute atomic E-state index is 0.0658. The highest BCUT2D eigenvalue weighted by Crippen LogP contribution is 2.35. The molecule has 1 atom stereocenters.